The minimum Gasteiger partial charge on any atom is -0.382 e. The van der Waals surface area contributed by atoms with Crippen LogP contribution < -0.4 is 0 Å². The van der Waals surface area contributed by atoms with Crippen LogP contribution in [-0.4, -0.2) is 10.1 Å². The second kappa shape index (κ2) is 4.80. The highest BCUT2D eigenvalue weighted by molar-refractivity contribution is 9.10. The predicted molar refractivity (Wildman–Crippen MR) is 65.0 cm³/mol. The van der Waals surface area contributed by atoms with Crippen LogP contribution in [0.15, 0.2) is 22.0 Å². The number of aromatic nitrogens is 1. The maximum atomic E-state index is 13.7. The fraction of sp³-hybridized carbons (Fsp3) is 0.182. The molecule has 0 aliphatic rings. The van der Waals surface area contributed by atoms with Crippen molar-refractivity contribution in [1.29, 1.82) is 0 Å². The molecule has 0 spiro atoms. The number of aliphatic hydroxyl groups excluding tert-OH is 1. The molecule has 2 nitrogen and oxygen atoms in total. The first-order chi connectivity index (χ1) is 8.00. The van der Waals surface area contributed by atoms with Gasteiger partial charge in [0.2, 0.25) is 0 Å². The van der Waals surface area contributed by atoms with Gasteiger partial charge in [-0.2, -0.15) is 0 Å². The lowest BCUT2D eigenvalue weighted by Crippen LogP contribution is -2.06. The number of benzene rings is 1. The number of hydrogen-bond donors (Lipinski definition) is 1. The summed E-state index contributed by atoms with van der Waals surface area (Å²) in [4.78, 5) is 4.02. The largest absolute Gasteiger partial charge is 0.382 e. The Morgan fingerprint density at radius 3 is 2.71 bits per heavy atom. The molecule has 0 bridgehead atoms. The molecular weight excluding hydrogens is 312 g/mol. The number of halogens is 3. The van der Waals surface area contributed by atoms with Crippen molar-refractivity contribution in [3.63, 3.8) is 0 Å². The Kier molecular flexibility index (Phi) is 3.56. The molecule has 6 heteroatoms. The molecule has 0 aliphatic carbocycles. The lowest BCUT2D eigenvalue weighted by atomic mass is 10.1. The molecule has 90 valence electrons. The fourth-order valence-corrected chi connectivity index (χ4v) is 2.42. The topological polar surface area (TPSA) is 33.1 Å². The van der Waals surface area contributed by atoms with Gasteiger partial charge in [-0.1, -0.05) is 0 Å². The monoisotopic (exact) mass is 319 g/mol. The van der Waals surface area contributed by atoms with Crippen LogP contribution in [0.2, 0.25) is 0 Å². The minimum absolute atomic E-state index is 0.111. The Balaban J connectivity index is 2.50. The Morgan fingerprint density at radius 1 is 1.41 bits per heavy atom. The van der Waals surface area contributed by atoms with Gasteiger partial charge in [-0.15, -0.1) is 11.3 Å². The Hall–Kier alpha value is -0.850. The van der Waals surface area contributed by atoms with Gasteiger partial charge < -0.3 is 5.11 Å². The maximum Gasteiger partial charge on any atom is 0.146 e. The second-order valence-corrected chi connectivity index (χ2v) is 5.37. The third-order valence-corrected chi connectivity index (χ3v) is 3.67. The summed E-state index contributed by atoms with van der Waals surface area (Å²) < 4.78 is 27.4. The third-order valence-electron chi connectivity index (χ3n) is 2.27. The van der Waals surface area contributed by atoms with Crippen molar-refractivity contribution < 1.29 is 13.9 Å². The van der Waals surface area contributed by atoms with E-state index in [1.807, 2.05) is 0 Å². The summed E-state index contributed by atoms with van der Waals surface area (Å²) in [6, 6.07) is 2.36. The van der Waals surface area contributed by atoms with Crippen LogP contribution in [0.5, 0.6) is 0 Å². The number of hydrogen-bond acceptors (Lipinski definition) is 3. The molecule has 0 fully saturated rings. The van der Waals surface area contributed by atoms with Crippen LogP contribution in [0.3, 0.4) is 0 Å². The molecule has 2 aromatic rings. The average molecular weight is 320 g/mol. The highest BCUT2D eigenvalue weighted by Gasteiger charge is 2.23. The van der Waals surface area contributed by atoms with Crippen molar-refractivity contribution in [3.8, 4) is 0 Å². The van der Waals surface area contributed by atoms with Crippen molar-refractivity contribution >= 4 is 27.3 Å². The van der Waals surface area contributed by atoms with Gasteiger partial charge in [0.15, 0.2) is 0 Å². The van der Waals surface area contributed by atoms with E-state index < -0.39 is 17.7 Å². The fourth-order valence-electron chi connectivity index (χ4n) is 1.45. The normalized spacial score (nSPS) is 12.8. The van der Waals surface area contributed by atoms with Crippen LogP contribution in [-0.2, 0) is 0 Å². The second-order valence-electron chi connectivity index (χ2n) is 3.45. The van der Waals surface area contributed by atoms with Crippen molar-refractivity contribution in [2.75, 3.05) is 0 Å². The first-order valence-electron chi connectivity index (χ1n) is 4.74. The molecule has 0 amide bonds. The molecule has 0 aliphatic heterocycles. The van der Waals surface area contributed by atoms with Crippen LogP contribution in [0, 0.1) is 18.6 Å². The zero-order valence-corrected chi connectivity index (χ0v) is 11.1. The molecule has 2 rings (SSSR count). The van der Waals surface area contributed by atoms with E-state index in [2.05, 4.69) is 20.9 Å². The number of aryl methyl sites for hydroxylation is 1. The van der Waals surface area contributed by atoms with E-state index >= 15 is 0 Å². The lowest BCUT2D eigenvalue weighted by Gasteiger charge is -2.11. The van der Waals surface area contributed by atoms with Gasteiger partial charge >= 0.3 is 0 Å². The summed E-state index contributed by atoms with van der Waals surface area (Å²) in [5.74, 6) is -1.59. The van der Waals surface area contributed by atoms with Gasteiger partial charge in [-0.05, 0) is 35.0 Å². The minimum atomic E-state index is -1.39. The summed E-state index contributed by atoms with van der Waals surface area (Å²) in [6.45, 7) is 1.76. The smallest absolute Gasteiger partial charge is 0.146 e. The summed E-state index contributed by atoms with van der Waals surface area (Å²) in [7, 11) is 0. The maximum absolute atomic E-state index is 13.7. The molecular formula is C11H8BrF2NOS. The Labute approximate surface area is 109 Å². The first kappa shape index (κ1) is 12.6. The number of rotatable bonds is 2. The predicted octanol–water partition coefficient (Wildman–Crippen LogP) is 3.57. The van der Waals surface area contributed by atoms with Gasteiger partial charge in [-0.3, -0.25) is 0 Å². The van der Waals surface area contributed by atoms with Gasteiger partial charge in [0.05, 0.1) is 20.7 Å². The van der Waals surface area contributed by atoms with E-state index in [-0.39, 0.29) is 15.7 Å². The van der Waals surface area contributed by atoms with Crippen LogP contribution in [0.25, 0.3) is 0 Å². The summed E-state index contributed by atoms with van der Waals surface area (Å²) in [5, 5.41) is 12.2. The highest BCUT2D eigenvalue weighted by Crippen LogP contribution is 2.30. The van der Waals surface area contributed by atoms with Gasteiger partial charge in [0.25, 0.3) is 0 Å². The van der Waals surface area contributed by atoms with Crippen molar-refractivity contribution in [1.82, 2.24) is 4.98 Å². The zero-order chi connectivity index (χ0) is 12.6. The molecule has 1 heterocycles. The SMILES string of the molecule is Cc1nc(C(O)c2c(F)ccc(Br)c2F)cs1. The Morgan fingerprint density at radius 2 is 2.12 bits per heavy atom. The summed E-state index contributed by atoms with van der Waals surface area (Å²) in [6.07, 6.45) is -1.39. The van der Waals surface area contributed by atoms with E-state index in [4.69, 9.17) is 0 Å². The number of thiazole rings is 1. The van der Waals surface area contributed by atoms with Gasteiger partial charge in [0.1, 0.15) is 17.7 Å². The molecule has 1 aromatic heterocycles. The summed E-state index contributed by atoms with van der Waals surface area (Å²) >= 11 is 4.27. The van der Waals surface area contributed by atoms with E-state index in [1.54, 1.807) is 12.3 Å². The average Bonchev–Trinajstić information content (AvgIpc) is 2.71. The number of aliphatic hydroxyl groups is 1. The quantitative estimate of drug-likeness (QED) is 0.858. The third kappa shape index (κ3) is 2.38. The molecule has 0 radical (unpaired) electrons. The molecule has 1 N–H and O–H groups in total. The zero-order valence-electron chi connectivity index (χ0n) is 8.75. The van der Waals surface area contributed by atoms with Crippen molar-refractivity contribution in [2.24, 2.45) is 0 Å². The lowest BCUT2D eigenvalue weighted by molar-refractivity contribution is 0.204. The highest BCUT2D eigenvalue weighted by atomic mass is 79.9. The van der Waals surface area contributed by atoms with Crippen molar-refractivity contribution in [3.05, 3.63) is 49.9 Å². The van der Waals surface area contributed by atoms with E-state index in [0.717, 1.165) is 11.1 Å². The van der Waals surface area contributed by atoms with Crippen LogP contribution >= 0.6 is 27.3 Å². The molecule has 1 aromatic carbocycles. The van der Waals surface area contributed by atoms with Crippen molar-refractivity contribution in [2.45, 2.75) is 13.0 Å². The standard InChI is InChI=1S/C11H8BrF2NOS/c1-5-15-8(4-17-5)11(16)9-7(13)3-2-6(12)10(9)14/h2-4,11,16H,1H3. The molecule has 17 heavy (non-hydrogen) atoms. The van der Waals surface area contributed by atoms with Gasteiger partial charge in [-0.25, -0.2) is 13.8 Å². The van der Waals surface area contributed by atoms with Crippen LogP contribution in [0.4, 0.5) is 8.78 Å². The van der Waals surface area contributed by atoms with Crippen LogP contribution in [0.1, 0.15) is 22.4 Å². The molecule has 1 atom stereocenters. The first-order valence-corrected chi connectivity index (χ1v) is 6.41. The molecule has 0 saturated carbocycles. The van der Waals surface area contributed by atoms with E-state index in [0.29, 0.717) is 0 Å². The summed E-state index contributed by atoms with van der Waals surface area (Å²) in [5.41, 5.74) is -0.131. The van der Waals surface area contributed by atoms with E-state index in [9.17, 15) is 13.9 Å². The molecule has 1 unspecified atom stereocenters. The van der Waals surface area contributed by atoms with Gasteiger partial charge in [0, 0.05) is 5.38 Å². The molecule has 0 saturated heterocycles. The number of nitrogens with zero attached hydrogens (tertiary/aromatic N) is 1. The van der Waals surface area contributed by atoms with E-state index in [1.165, 1.54) is 17.4 Å². The Bertz CT molecular complexity index is 558.